The van der Waals surface area contributed by atoms with Crippen molar-refractivity contribution in [3.05, 3.63) is 48.0 Å². The Morgan fingerprint density at radius 3 is 2.20 bits per heavy atom. The lowest BCUT2D eigenvalue weighted by Crippen LogP contribution is -2.15. The molecule has 20 heavy (non-hydrogen) atoms. The third kappa shape index (κ3) is 2.92. The van der Waals surface area contributed by atoms with E-state index in [9.17, 15) is 8.42 Å². The Kier molecular flexibility index (Phi) is 3.69. The number of hydrogen-bond acceptors (Lipinski definition) is 4. The molecule has 0 bridgehead atoms. The molecule has 2 aromatic rings. The average Bonchev–Trinajstić information content (AvgIpc) is 2.38. The topological polar surface area (TPSA) is 89.4 Å². The zero-order valence-electron chi connectivity index (χ0n) is 11.4. The number of aryl methyl sites for hydroxylation is 1. The van der Waals surface area contributed by atoms with Gasteiger partial charge in [-0.3, -0.25) is 0 Å². The largest absolute Gasteiger partial charge is 0.397 e. The van der Waals surface area contributed by atoms with E-state index in [1.54, 1.807) is 6.07 Å². The summed E-state index contributed by atoms with van der Waals surface area (Å²) in [6, 6.07) is 12.3. The molecule has 0 radical (unpaired) electrons. The normalized spacial score (nSPS) is 11.3. The van der Waals surface area contributed by atoms with Crippen molar-refractivity contribution >= 4 is 27.1 Å². The predicted octanol–water partition coefficient (Wildman–Crippen LogP) is 1.99. The van der Waals surface area contributed by atoms with E-state index >= 15 is 0 Å². The molecule has 4 N–H and O–H groups in total. The van der Waals surface area contributed by atoms with Gasteiger partial charge in [0.1, 0.15) is 0 Å². The van der Waals surface area contributed by atoms with Gasteiger partial charge in [0.25, 0.3) is 0 Å². The molecule has 5 nitrogen and oxygen atoms in total. The maximum absolute atomic E-state index is 11.4. The highest BCUT2D eigenvalue weighted by Gasteiger charge is 2.13. The second-order valence-corrected chi connectivity index (χ2v) is 6.22. The highest BCUT2D eigenvalue weighted by Crippen LogP contribution is 2.30. The van der Waals surface area contributed by atoms with Gasteiger partial charge in [-0.25, -0.2) is 13.6 Å². The first-order chi connectivity index (χ1) is 9.29. The van der Waals surface area contributed by atoms with Gasteiger partial charge < -0.3 is 10.6 Å². The molecule has 0 fully saturated rings. The van der Waals surface area contributed by atoms with Gasteiger partial charge >= 0.3 is 0 Å². The Labute approximate surface area is 118 Å². The molecule has 0 aliphatic rings. The van der Waals surface area contributed by atoms with Gasteiger partial charge in [0.2, 0.25) is 10.0 Å². The molecule has 106 valence electrons. The van der Waals surface area contributed by atoms with Crippen LogP contribution in [0.2, 0.25) is 0 Å². The molecule has 0 unspecified atom stereocenters. The molecule has 6 heteroatoms. The maximum Gasteiger partial charge on any atom is 0.238 e. The van der Waals surface area contributed by atoms with Crippen LogP contribution in [-0.4, -0.2) is 15.5 Å². The zero-order chi connectivity index (χ0) is 14.9. The summed E-state index contributed by atoms with van der Waals surface area (Å²) in [5.74, 6) is 0. The molecule has 0 atom stereocenters. The zero-order valence-corrected chi connectivity index (χ0v) is 12.2. The van der Waals surface area contributed by atoms with Crippen LogP contribution < -0.4 is 15.8 Å². The van der Waals surface area contributed by atoms with Gasteiger partial charge in [0, 0.05) is 12.7 Å². The number of benzene rings is 2. The van der Waals surface area contributed by atoms with Crippen LogP contribution in [0.15, 0.2) is 47.4 Å². The number of rotatable bonds is 3. The number of nitrogens with zero attached hydrogens (tertiary/aromatic N) is 1. The second kappa shape index (κ2) is 5.15. The number of anilines is 3. The number of primary sulfonamides is 1. The van der Waals surface area contributed by atoms with E-state index in [-0.39, 0.29) is 4.90 Å². The van der Waals surface area contributed by atoms with E-state index in [4.69, 9.17) is 10.9 Å². The van der Waals surface area contributed by atoms with Crippen molar-refractivity contribution in [1.29, 1.82) is 0 Å². The molecule has 0 heterocycles. The highest BCUT2D eigenvalue weighted by molar-refractivity contribution is 7.89. The molecule has 0 aromatic heterocycles. The van der Waals surface area contributed by atoms with Gasteiger partial charge in [-0.2, -0.15) is 0 Å². The number of nitrogens with two attached hydrogens (primary N) is 2. The minimum absolute atomic E-state index is 0.0423. The second-order valence-electron chi connectivity index (χ2n) is 4.66. The molecule has 0 saturated heterocycles. The number of nitrogen functional groups attached to an aromatic ring is 1. The first-order valence-electron chi connectivity index (χ1n) is 6.02. The molecule has 2 aromatic carbocycles. The van der Waals surface area contributed by atoms with Crippen molar-refractivity contribution in [3.63, 3.8) is 0 Å². The Bertz CT molecular complexity index is 725. The van der Waals surface area contributed by atoms with E-state index in [0.29, 0.717) is 11.4 Å². The van der Waals surface area contributed by atoms with E-state index in [1.165, 1.54) is 12.1 Å². The summed E-state index contributed by atoms with van der Waals surface area (Å²) in [4.78, 5) is 1.87. The summed E-state index contributed by atoms with van der Waals surface area (Å²) in [7, 11) is -1.92. The fourth-order valence-corrected chi connectivity index (χ4v) is 2.43. The van der Waals surface area contributed by atoms with Crippen LogP contribution in [0.4, 0.5) is 17.1 Å². The lowest BCUT2D eigenvalue weighted by Gasteiger charge is -2.22. The van der Waals surface area contributed by atoms with Gasteiger partial charge in [-0.05, 0) is 37.3 Å². The fourth-order valence-electron chi connectivity index (χ4n) is 1.90. The Hall–Kier alpha value is -2.05. The van der Waals surface area contributed by atoms with Crippen LogP contribution >= 0.6 is 0 Å². The summed E-state index contributed by atoms with van der Waals surface area (Å²) < 4.78 is 22.8. The van der Waals surface area contributed by atoms with Gasteiger partial charge in [0.05, 0.1) is 16.3 Å². The van der Waals surface area contributed by atoms with Crippen LogP contribution in [0.25, 0.3) is 0 Å². The summed E-state index contributed by atoms with van der Waals surface area (Å²) in [5.41, 5.74) is 9.07. The summed E-state index contributed by atoms with van der Waals surface area (Å²) in [6.45, 7) is 2.00. The lowest BCUT2D eigenvalue weighted by atomic mass is 10.2. The van der Waals surface area contributed by atoms with Gasteiger partial charge in [-0.1, -0.05) is 17.7 Å². The van der Waals surface area contributed by atoms with Crippen molar-refractivity contribution < 1.29 is 8.42 Å². The monoisotopic (exact) mass is 291 g/mol. The summed E-state index contributed by atoms with van der Waals surface area (Å²) in [6.07, 6.45) is 0. The van der Waals surface area contributed by atoms with Crippen molar-refractivity contribution in [2.75, 3.05) is 17.7 Å². The van der Waals surface area contributed by atoms with E-state index in [0.717, 1.165) is 11.3 Å². The van der Waals surface area contributed by atoms with Crippen LogP contribution in [0.3, 0.4) is 0 Å². The Morgan fingerprint density at radius 1 is 1.05 bits per heavy atom. The Morgan fingerprint density at radius 2 is 1.65 bits per heavy atom. The first kappa shape index (κ1) is 14.4. The van der Waals surface area contributed by atoms with E-state index < -0.39 is 10.0 Å². The SMILES string of the molecule is Cc1ccc(N(C)c2cc(S(N)(=O)=O)ccc2N)cc1. The third-order valence-corrected chi connectivity index (χ3v) is 4.02. The minimum Gasteiger partial charge on any atom is -0.397 e. The molecule has 0 spiro atoms. The predicted molar refractivity (Wildman–Crippen MR) is 81.5 cm³/mol. The van der Waals surface area contributed by atoms with Crippen LogP contribution in [0, 0.1) is 6.92 Å². The van der Waals surface area contributed by atoms with Crippen LogP contribution in [-0.2, 0) is 10.0 Å². The van der Waals surface area contributed by atoms with Gasteiger partial charge in [-0.15, -0.1) is 0 Å². The quantitative estimate of drug-likeness (QED) is 0.846. The van der Waals surface area contributed by atoms with Crippen molar-refractivity contribution in [2.45, 2.75) is 11.8 Å². The first-order valence-corrected chi connectivity index (χ1v) is 7.56. The minimum atomic E-state index is -3.75. The molecule has 2 rings (SSSR count). The number of hydrogen-bond donors (Lipinski definition) is 2. The van der Waals surface area contributed by atoms with Crippen molar-refractivity contribution in [3.8, 4) is 0 Å². The highest BCUT2D eigenvalue weighted by atomic mass is 32.2. The average molecular weight is 291 g/mol. The third-order valence-electron chi connectivity index (χ3n) is 3.11. The smallest absolute Gasteiger partial charge is 0.238 e. The summed E-state index contributed by atoms with van der Waals surface area (Å²) >= 11 is 0. The Balaban J connectivity index is 2.48. The van der Waals surface area contributed by atoms with Gasteiger partial charge in [0.15, 0.2) is 0 Å². The molecule has 0 aliphatic carbocycles. The van der Waals surface area contributed by atoms with Crippen molar-refractivity contribution in [2.24, 2.45) is 5.14 Å². The fraction of sp³-hybridized carbons (Fsp3) is 0.143. The molecule has 0 saturated carbocycles. The molecule has 0 aliphatic heterocycles. The summed E-state index contributed by atoms with van der Waals surface area (Å²) in [5, 5.41) is 5.15. The molecular weight excluding hydrogens is 274 g/mol. The van der Waals surface area contributed by atoms with E-state index in [1.807, 2.05) is 43.1 Å². The molecule has 0 amide bonds. The van der Waals surface area contributed by atoms with Crippen molar-refractivity contribution in [1.82, 2.24) is 0 Å². The molecular formula is C14H17N3O2S. The van der Waals surface area contributed by atoms with Crippen LogP contribution in [0.5, 0.6) is 0 Å². The van der Waals surface area contributed by atoms with Crippen LogP contribution in [0.1, 0.15) is 5.56 Å². The van der Waals surface area contributed by atoms with E-state index in [2.05, 4.69) is 0 Å². The lowest BCUT2D eigenvalue weighted by molar-refractivity contribution is 0.598. The maximum atomic E-state index is 11.4. The standard InChI is InChI=1S/C14H17N3O2S/c1-10-3-5-11(6-4-10)17(2)14-9-12(20(16,18)19)7-8-13(14)15/h3-9H,15H2,1-2H3,(H2,16,18,19). The number of sulfonamides is 1.